The van der Waals surface area contributed by atoms with Gasteiger partial charge in [-0.15, -0.1) is 0 Å². The first-order valence-corrected chi connectivity index (χ1v) is 5.20. The van der Waals surface area contributed by atoms with Gasteiger partial charge < -0.3 is 5.32 Å². The molecule has 1 rings (SSSR count). The van der Waals surface area contributed by atoms with Crippen LogP contribution in [0.25, 0.3) is 0 Å². The van der Waals surface area contributed by atoms with E-state index < -0.39 is 29.0 Å². The minimum Gasteiger partial charge on any atom is -0.347 e. The zero-order chi connectivity index (χ0) is 14.1. The zero-order valence-corrected chi connectivity index (χ0v) is 10.2. The molecule has 18 heavy (non-hydrogen) atoms. The molecule has 1 aromatic rings. The minimum atomic E-state index is -4.76. The van der Waals surface area contributed by atoms with Crippen LogP contribution in [0.4, 0.5) is 17.6 Å². The Hall–Kier alpha value is -1.59. The molecule has 0 saturated carbocycles. The average Bonchev–Trinajstić information content (AvgIpc) is 2.12. The Morgan fingerprint density at radius 2 is 1.72 bits per heavy atom. The monoisotopic (exact) mass is 263 g/mol. The molecule has 0 aliphatic heterocycles. The SMILES string of the molecule is CC(C)(C)NC(=O)c1ccc(C(F)(F)F)c(F)c1. The fourth-order valence-corrected chi connectivity index (χ4v) is 1.30. The molecular weight excluding hydrogens is 250 g/mol. The van der Waals surface area contributed by atoms with E-state index in [1.165, 1.54) is 0 Å². The van der Waals surface area contributed by atoms with Crippen molar-refractivity contribution >= 4 is 5.91 Å². The summed E-state index contributed by atoms with van der Waals surface area (Å²) in [6, 6.07) is 2.10. The van der Waals surface area contributed by atoms with E-state index in [1.807, 2.05) is 0 Å². The molecule has 1 amide bonds. The molecule has 0 aliphatic rings. The van der Waals surface area contributed by atoms with Crippen LogP contribution >= 0.6 is 0 Å². The maximum absolute atomic E-state index is 13.2. The van der Waals surface area contributed by atoms with Crippen molar-refractivity contribution in [2.24, 2.45) is 0 Å². The number of benzene rings is 1. The van der Waals surface area contributed by atoms with Gasteiger partial charge >= 0.3 is 6.18 Å². The molecule has 1 N–H and O–H groups in total. The van der Waals surface area contributed by atoms with E-state index in [1.54, 1.807) is 20.8 Å². The van der Waals surface area contributed by atoms with Crippen LogP contribution in [0.5, 0.6) is 0 Å². The normalized spacial score (nSPS) is 12.4. The summed E-state index contributed by atoms with van der Waals surface area (Å²) in [6.07, 6.45) is -4.76. The van der Waals surface area contributed by atoms with Gasteiger partial charge in [-0.3, -0.25) is 4.79 Å². The summed E-state index contributed by atoms with van der Waals surface area (Å²) in [7, 11) is 0. The Bertz CT molecular complexity index is 460. The highest BCUT2D eigenvalue weighted by Gasteiger charge is 2.34. The molecule has 0 spiro atoms. The second kappa shape index (κ2) is 4.59. The van der Waals surface area contributed by atoms with E-state index in [2.05, 4.69) is 5.32 Å². The van der Waals surface area contributed by atoms with E-state index >= 15 is 0 Å². The van der Waals surface area contributed by atoms with Gasteiger partial charge in [0.25, 0.3) is 5.91 Å². The fourth-order valence-electron chi connectivity index (χ4n) is 1.30. The van der Waals surface area contributed by atoms with Gasteiger partial charge in [0, 0.05) is 11.1 Å². The predicted octanol–water partition coefficient (Wildman–Crippen LogP) is 3.37. The third kappa shape index (κ3) is 3.72. The van der Waals surface area contributed by atoms with Gasteiger partial charge in [-0.25, -0.2) is 4.39 Å². The second-order valence-corrected chi connectivity index (χ2v) is 4.90. The molecule has 6 heteroatoms. The highest BCUT2D eigenvalue weighted by Crippen LogP contribution is 2.31. The van der Waals surface area contributed by atoms with E-state index in [4.69, 9.17) is 0 Å². The number of halogens is 4. The maximum Gasteiger partial charge on any atom is 0.419 e. The lowest BCUT2D eigenvalue weighted by Gasteiger charge is -2.20. The third-order valence-corrected chi connectivity index (χ3v) is 2.03. The van der Waals surface area contributed by atoms with Crippen LogP contribution < -0.4 is 5.32 Å². The van der Waals surface area contributed by atoms with Crippen molar-refractivity contribution < 1.29 is 22.4 Å². The van der Waals surface area contributed by atoms with Gasteiger partial charge in [0.05, 0.1) is 5.56 Å². The van der Waals surface area contributed by atoms with Crippen molar-refractivity contribution in [2.75, 3.05) is 0 Å². The first kappa shape index (κ1) is 14.5. The molecule has 0 atom stereocenters. The highest BCUT2D eigenvalue weighted by molar-refractivity contribution is 5.94. The van der Waals surface area contributed by atoms with Crippen LogP contribution in [0.2, 0.25) is 0 Å². The van der Waals surface area contributed by atoms with Crippen LogP contribution in [0, 0.1) is 5.82 Å². The summed E-state index contributed by atoms with van der Waals surface area (Å²) in [5.74, 6) is -2.07. The topological polar surface area (TPSA) is 29.1 Å². The zero-order valence-electron chi connectivity index (χ0n) is 10.2. The van der Waals surface area contributed by atoms with Gasteiger partial charge in [-0.2, -0.15) is 13.2 Å². The van der Waals surface area contributed by atoms with Crippen molar-refractivity contribution in [3.63, 3.8) is 0 Å². The van der Waals surface area contributed by atoms with E-state index in [9.17, 15) is 22.4 Å². The number of hydrogen-bond donors (Lipinski definition) is 1. The Labute approximate surface area is 102 Å². The Balaban J connectivity index is 3.02. The largest absolute Gasteiger partial charge is 0.419 e. The summed E-state index contributed by atoms with van der Waals surface area (Å²) in [5, 5.41) is 2.53. The summed E-state index contributed by atoms with van der Waals surface area (Å²) >= 11 is 0. The van der Waals surface area contributed by atoms with E-state index in [0.717, 1.165) is 6.07 Å². The lowest BCUT2D eigenvalue weighted by Crippen LogP contribution is -2.40. The quantitative estimate of drug-likeness (QED) is 0.773. The number of carbonyl (C=O) groups excluding carboxylic acids is 1. The first-order valence-electron chi connectivity index (χ1n) is 5.20. The molecule has 1 aromatic carbocycles. The van der Waals surface area contributed by atoms with Gasteiger partial charge in [-0.1, -0.05) is 0 Å². The van der Waals surface area contributed by atoms with Crippen molar-refractivity contribution in [3.8, 4) is 0 Å². The van der Waals surface area contributed by atoms with Gasteiger partial charge in [-0.05, 0) is 39.0 Å². The number of nitrogens with one attached hydrogen (secondary N) is 1. The summed E-state index contributed by atoms with van der Waals surface area (Å²) in [4.78, 5) is 11.6. The average molecular weight is 263 g/mol. The molecule has 0 bridgehead atoms. The smallest absolute Gasteiger partial charge is 0.347 e. The first-order chi connectivity index (χ1) is 8.00. The third-order valence-electron chi connectivity index (χ3n) is 2.03. The van der Waals surface area contributed by atoms with Crippen molar-refractivity contribution in [1.29, 1.82) is 0 Å². The maximum atomic E-state index is 13.2. The van der Waals surface area contributed by atoms with Crippen LogP contribution in [0.3, 0.4) is 0 Å². The Kier molecular flexibility index (Phi) is 3.69. The molecule has 0 saturated heterocycles. The number of hydrogen-bond acceptors (Lipinski definition) is 1. The van der Waals surface area contributed by atoms with E-state index in [-0.39, 0.29) is 5.56 Å². The van der Waals surface area contributed by atoms with Crippen LogP contribution in [-0.2, 0) is 6.18 Å². The molecule has 0 aliphatic carbocycles. The summed E-state index contributed by atoms with van der Waals surface area (Å²) < 4.78 is 50.2. The van der Waals surface area contributed by atoms with Crippen LogP contribution in [0.1, 0.15) is 36.7 Å². The van der Waals surface area contributed by atoms with Gasteiger partial charge in [0.15, 0.2) is 0 Å². The molecule has 0 heterocycles. The summed E-state index contributed by atoms with van der Waals surface area (Å²) in [6.45, 7) is 5.14. The van der Waals surface area contributed by atoms with Gasteiger partial charge in [0.1, 0.15) is 5.82 Å². The standard InChI is InChI=1S/C12H13F4NO/c1-11(2,3)17-10(18)7-4-5-8(9(13)6-7)12(14,15)16/h4-6H,1-3H3,(H,17,18). The molecular formula is C12H13F4NO. The van der Waals surface area contributed by atoms with E-state index in [0.29, 0.717) is 12.1 Å². The Morgan fingerprint density at radius 3 is 2.11 bits per heavy atom. The molecule has 2 nitrogen and oxygen atoms in total. The number of rotatable bonds is 1. The van der Waals surface area contributed by atoms with Gasteiger partial charge in [0.2, 0.25) is 0 Å². The Morgan fingerprint density at radius 1 is 1.17 bits per heavy atom. The number of amides is 1. The van der Waals surface area contributed by atoms with Crippen molar-refractivity contribution in [2.45, 2.75) is 32.5 Å². The molecule has 0 fully saturated rings. The van der Waals surface area contributed by atoms with Crippen molar-refractivity contribution in [3.05, 3.63) is 35.1 Å². The molecule has 100 valence electrons. The molecule has 0 aromatic heterocycles. The lowest BCUT2D eigenvalue weighted by molar-refractivity contribution is -0.140. The molecule has 0 unspecified atom stereocenters. The number of carbonyl (C=O) groups is 1. The molecule has 0 radical (unpaired) electrons. The van der Waals surface area contributed by atoms with Crippen LogP contribution in [-0.4, -0.2) is 11.4 Å². The highest BCUT2D eigenvalue weighted by atomic mass is 19.4. The fraction of sp³-hybridized carbons (Fsp3) is 0.417. The lowest BCUT2D eigenvalue weighted by atomic mass is 10.1. The van der Waals surface area contributed by atoms with Crippen molar-refractivity contribution in [1.82, 2.24) is 5.32 Å². The minimum absolute atomic E-state index is 0.143. The summed E-state index contributed by atoms with van der Waals surface area (Å²) in [5.41, 5.74) is -2.07. The van der Waals surface area contributed by atoms with Crippen LogP contribution in [0.15, 0.2) is 18.2 Å². The second-order valence-electron chi connectivity index (χ2n) is 4.90. The predicted molar refractivity (Wildman–Crippen MR) is 58.6 cm³/mol. The number of alkyl halides is 3.